The molecule has 2 aromatic heterocycles. The number of nitrogens with one attached hydrogen (secondary N) is 1. The van der Waals surface area contributed by atoms with Gasteiger partial charge in [-0.15, -0.1) is 0 Å². The molecule has 5 rings (SSSR count). The second-order valence-electron chi connectivity index (χ2n) is 8.60. The van der Waals surface area contributed by atoms with Crippen molar-refractivity contribution in [1.82, 2.24) is 19.9 Å². The number of carbonyl (C=O) groups is 1. The maximum absolute atomic E-state index is 13.6. The van der Waals surface area contributed by atoms with Crippen LogP contribution >= 0.6 is 0 Å². The van der Waals surface area contributed by atoms with E-state index in [1.54, 1.807) is 0 Å². The molecule has 0 saturated heterocycles. The average Bonchev–Trinajstić information content (AvgIpc) is 3.45. The highest BCUT2D eigenvalue weighted by Crippen LogP contribution is 2.41. The van der Waals surface area contributed by atoms with Crippen LogP contribution in [0.4, 0.5) is 8.78 Å². The van der Waals surface area contributed by atoms with Gasteiger partial charge in [0.2, 0.25) is 0 Å². The Hall–Kier alpha value is -3.03. The van der Waals surface area contributed by atoms with E-state index in [0.29, 0.717) is 12.1 Å². The molecular weight excluding hydrogens is 390 g/mol. The van der Waals surface area contributed by atoms with Crippen LogP contribution in [-0.4, -0.2) is 26.1 Å². The van der Waals surface area contributed by atoms with Gasteiger partial charge in [-0.3, -0.25) is 4.79 Å². The molecule has 2 aliphatic rings. The van der Waals surface area contributed by atoms with Crippen LogP contribution in [0.3, 0.4) is 0 Å². The number of carbonyl (C=O) groups excluding carboxylic acids is 1. The van der Waals surface area contributed by atoms with Gasteiger partial charge in [-0.1, -0.05) is 18.2 Å². The SMILES string of the molecule is CC1(C)CC(NC(=O)c2cnn3c(C(F)F)cc(C4CC4)nc23)c2ccccc2O1. The van der Waals surface area contributed by atoms with Crippen molar-refractivity contribution in [2.45, 2.75) is 57.1 Å². The van der Waals surface area contributed by atoms with Crippen molar-refractivity contribution >= 4 is 11.6 Å². The van der Waals surface area contributed by atoms with E-state index in [1.807, 2.05) is 38.1 Å². The maximum Gasteiger partial charge on any atom is 0.280 e. The number of benzene rings is 1. The zero-order valence-corrected chi connectivity index (χ0v) is 16.7. The van der Waals surface area contributed by atoms with E-state index in [9.17, 15) is 13.6 Å². The zero-order valence-electron chi connectivity index (χ0n) is 16.7. The first-order valence-corrected chi connectivity index (χ1v) is 10.1. The third-order valence-electron chi connectivity index (χ3n) is 5.66. The Morgan fingerprint density at radius 1 is 1.30 bits per heavy atom. The minimum atomic E-state index is -2.70. The third-order valence-corrected chi connectivity index (χ3v) is 5.66. The van der Waals surface area contributed by atoms with E-state index in [4.69, 9.17) is 4.74 Å². The molecule has 1 saturated carbocycles. The molecule has 8 heteroatoms. The molecule has 1 aromatic carbocycles. The first kappa shape index (κ1) is 19.0. The largest absolute Gasteiger partial charge is 0.487 e. The number of amides is 1. The van der Waals surface area contributed by atoms with E-state index in [1.165, 1.54) is 12.3 Å². The van der Waals surface area contributed by atoms with Crippen LogP contribution in [0.1, 0.15) is 78.8 Å². The number of hydrogen-bond donors (Lipinski definition) is 1. The molecule has 1 atom stereocenters. The van der Waals surface area contributed by atoms with Gasteiger partial charge in [0.15, 0.2) is 5.65 Å². The first-order valence-electron chi connectivity index (χ1n) is 10.1. The minimum Gasteiger partial charge on any atom is -0.487 e. The van der Waals surface area contributed by atoms with Gasteiger partial charge in [-0.05, 0) is 38.8 Å². The fourth-order valence-corrected chi connectivity index (χ4v) is 4.08. The summed E-state index contributed by atoms with van der Waals surface area (Å²) < 4.78 is 34.3. The van der Waals surface area contributed by atoms with E-state index in [-0.39, 0.29) is 34.8 Å². The van der Waals surface area contributed by atoms with Crippen LogP contribution in [0, 0.1) is 0 Å². The summed E-state index contributed by atoms with van der Waals surface area (Å²) in [7, 11) is 0. The molecule has 0 spiro atoms. The first-order chi connectivity index (χ1) is 14.3. The highest BCUT2D eigenvalue weighted by atomic mass is 19.3. The fourth-order valence-electron chi connectivity index (χ4n) is 4.08. The van der Waals surface area contributed by atoms with Crippen LogP contribution < -0.4 is 10.1 Å². The lowest BCUT2D eigenvalue weighted by Gasteiger charge is -2.37. The van der Waals surface area contributed by atoms with Gasteiger partial charge in [0.25, 0.3) is 12.3 Å². The average molecular weight is 412 g/mol. The molecule has 1 aliphatic carbocycles. The molecular formula is C22H22F2N4O2. The van der Waals surface area contributed by atoms with Crippen molar-refractivity contribution in [3.8, 4) is 5.75 Å². The van der Waals surface area contributed by atoms with E-state index >= 15 is 0 Å². The summed E-state index contributed by atoms with van der Waals surface area (Å²) in [6, 6.07) is 8.72. The van der Waals surface area contributed by atoms with Gasteiger partial charge >= 0.3 is 0 Å². The Morgan fingerprint density at radius 2 is 2.07 bits per heavy atom. The Labute approximate surface area is 172 Å². The highest BCUT2D eigenvalue weighted by molar-refractivity contribution is 6.00. The second kappa shape index (κ2) is 6.75. The van der Waals surface area contributed by atoms with Crippen LogP contribution in [0.15, 0.2) is 36.5 Å². The summed E-state index contributed by atoms with van der Waals surface area (Å²) in [4.78, 5) is 17.7. The number of nitrogens with zero attached hydrogens (tertiary/aromatic N) is 3. The number of hydrogen-bond acceptors (Lipinski definition) is 4. The van der Waals surface area contributed by atoms with Crippen molar-refractivity contribution < 1.29 is 18.3 Å². The monoisotopic (exact) mass is 412 g/mol. The molecule has 6 nitrogen and oxygen atoms in total. The summed E-state index contributed by atoms with van der Waals surface area (Å²) in [6.07, 6.45) is 1.05. The summed E-state index contributed by atoms with van der Waals surface area (Å²) in [5.41, 5.74) is 1.17. The molecule has 1 fully saturated rings. The second-order valence-corrected chi connectivity index (χ2v) is 8.60. The van der Waals surface area contributed by atoms with E-state index in [0.717, 1.165) is 28.7 Å². The predicted octanol–water partition coefficient (Wildman–Crippen LogP) is 4.58. The predicted molar refractivity (Wildman–Crippen MR) is 106 cm³/mol. The van der Waals surface area contributed by atoms with Gasteiger partial charge in [0.05, 0.1) is 12.2 Å². The molecule has 156 valence electrons. The van der Waals surface area contributed by atoms with Crippen molar-refractivity contribution in [1.29, 1.82) is 0 Å². The van der Waals surface area contributed by atoms with Crippen molar-refractivity contribution in [3.05, 3.63) is 59.0 Å². The lowest BCUT2D eigenvalue weighted by atomic mass is 9.89. The number of fused-ring (bicyclic) bond motifs is 2. The van der Waals surface area contributed by atoms with Crippen LogP contribution in [0.2, 0.25) is 0 Å². The number of para-hydroxylation sites is 1. The maximum atomic E-state index is 13.6. The van der Waals surface area contributed by atoms with Gasteiger partial charge in [0, 0.05) is 23.6 Å². The van der Waals surface area contributed by atoms with Crippen molar-refractivity contribution in [2.24, 2.45) is 0 Å². The molecule has 3 heterocycles. The fraction of sp³-hybridized carbons (Fsp3) is 0.409. The third kappa shape index (κ3) is 3.30. The number of alkyl halides is 2. The number of halogens is 2. The molecule has 30 heavy (non-hydrogen) atoms. The van der Waals surface area contributed by atoms with Gasteiger partial charge < -0.3 is 10.1 Å². The van der Waals surface area contributed by atoms with E-state index in [2.05, 4.69) is 15.4 Å². The lowest BCUT2D eigenvalue weighted by Crippen LogP contribution is -2.41. The molecule has 0 radical (unpaired) electrons. The highest BCUT2D eigenvalue weighted by Gasteiger charge is 2.35. The summed E-state index contributed by atoms with van der Waals surface area (Å²) in [6.45, 7) is 3.94. The van der Waals surface area contributed by atoms with Gasteiger partial charge in [-0.25, -0.2) is 18.3 Å². The smallest absolute Gasteiger partial charge is 0.280 e. The van der Waals surface area contributed by atoms with Crippen molar-refractivity contribution in [2.75, 3.05) is 0 Å². The molecule has 1 unspecified atom stereocenters. The Bertz CT molecular complexity index is 1140. The van der Waals surface area contributed by atoms with Gasteiger partial charge in [0.1, 0.15) is 22.6 Å². The summed E-state index contributed by atoms with van der Waals surface area (Å²) in [5, 5.41) is 7.07. The van der Waals surface area contributed by atoms with Crippen molar-refractivity contribution in [3.63, 3.8) is 0 Å². The number of ether oxygens (including phenoxy) is 1. The van der Waals surface area contributed by atoms with Gasteiger partial charge in [-0.2, -0.15) is 5.10 Å². The molecule has 1 amide bonds. The Balaban J connectivity index is 1.51. The van der Waals surface area contributed by atoms with Crippen LogP contribution in [0.25, 0.3) is 5.65 Å². The summed E-state index contributed by atoms with van der Waals surface area (Å²) in [5.74, 6) is 0.526. The van der Waals surface area contributed by atoms with E-state index < -0.39 is 12.0 Å². The quantitative estimate of drug-likeness (QED) is 0.681. The Morgan fingerprint density at radius 3 is 2.80 bits per heavy atom. The van der Waals surface area contributed by atoms with Crippen LogP contribution in [0.5, 0.6) is 5.75 Å². The topological polar surface area (TPSA) is 68.5 Å². The summed E-state index contributed by atoms with van der Waals surface area (Å²) >= 11 is 0. The molecule has 3 aromatic rings. The molecule has 1 N–H and O–H groups in total. The minimum absolute atomic E-state index is 0.173. The van der Waals surface area contributed by atoms with Crippen LogP contribution in [-0.2, 0) is 0 Å². The zero-order chi connectivity index (χ0) is 21.0. The molecule has 1 aliphatic heterocycles. The normalized spacial score (nSPS) is 20.1. The standard InChI is InChI=1S/C22H22F2N4O2/c1-22(2)10-16(13-5-3-4-6-18(13)30-22)27-21(29)14-11-25-28-17(19(23)24)9-15(12-7-8-12)26-20(14)28/h3-6,9,11-12,16,19H,7-8,10H2,1-2H3,(H,27,29). The lowest BCUT2D eigenvalue weighted by molar-refractivity contribution is 0.0620. The molecule has 0 bridgehead atoms. The Kier molecular flexibility index (Phi) is 4.27. The number of aromatic nitrogens is 3. The number of rotatable bonds is 4.